The summed E-state index contributed by atoms with van der Waals surface area (Å²) in [6.45, 7) is 6.30. The number of aliphatic hydroxyl groups excluding tert-OH is 2. The Labute approximate surface area is 370 Å². The van der Waals surface area contributed by atoms with Crippen molar-refractivity contribution in [2.45, 2.75) is 238 Å². The van der Waals surface area contributed by atoms with Crippen LogP contribution in [-0.4, -0.2) is 46.9 Å². The molecule has 0 bridgehead atoms. The van der Waals surface area contributed by atoms with Gasteiger partial charge < -0.3 is 20.3 Å². The molecular formula is C54H93NO5. The summed E-state index contributed by atoms with van der Waals surface area (Å²) in [5, 5.41) is 23.7. The lowest BCUT2D eigenvalue weighted by Gasteiger charge is -2.24. The highest BCUT2D eigenvalue weighted by atomic mass is 16.5. The van der Waals surface area contributed by atoms with Crippen molar-refractivity contribution in [1.29, 1.82) is 0 Å². The highest BCUT2D eigenvalue weighted by Crippen LogP contribution is 2.17. The van der Waals surface area contributed by atoms with Crippen LogP contribution in [0.1, 0.15) is 220 Å². The fourth-order valence-electron chi connectivity index (χ4n) is 7.10. The first-order valence-corrected chi connectivity index (χ1v) is 24.9. The van der Waals surface area contributed by atoms with Crippen molar-refractivity contribution in [3.05, 3.63) is 85.1 Å². The van der Waals surface area contributed by atoms with E-state index in [1.165, 1.54) is 96.3 Å². The minimum absolute atomic E-state index is 0.0495. The van der Waals surface area contributed by atoms with Gasteiger partial charge in [0.1, 0.15) is 6.10 Å². The molecular weight excluding hydrogens is 743 g/mol. The van der Waals surface area contributed by atoms with Crippen LogP contribution in [0.15, 0.2) is 85.1 Å². The van der Waals surface area contributed by atoms with Crippen molar-refractivity contribution in [2.75, 3.05) is 6.61 Å². The Bertz CT molecular complexity index is 1160. The van der Waals surface area contributed by atoms with Crippen molar-refractivity contribution in [1.82, 2.24) is 5.32 Å². The molecule has 0 saturated heterocycles. The average molecular weight is 836 g/mol. The molecule has 0 aromatic carbocycles. The Morgan fingerprint density at radius 3 is 1.43 bits per heavy atom. The van der Waals surface area contributed by atoms with Crippen LogP contribution in [0.5, 0.6) is 0 Å². The SMILES string of the molecule is CC\C=C/C=C/C=C/C=C\C=C\C=C\CCCCCC(=O)OC(CCCCCCC/C=C\CCCCCC)CC(=O)NC(CO)C(O)CCCCCCCCCCCCC. The molecule has 0 aliphatic carbocycles. The largest absolute Gasteiger partial charge is 0.462 e. The summed E-state index contributed by atoms with van der Waals surface area (Å²) in [6.07, 6.45) is 60.6. The number of amides is 1. The zero-order valence-electron chi connectivity index (χ0n) is 39.1. The number of ether oxygens (including phenoxy) is 1. The summed E-state index contributed by atoms with van der Waals surface area (Å²) in [5.41, 5.74) is 0. The number of hydrogen-bond acceptors (Lipinski definition) is 5. The molecule has 0 saturated carbocycles. The fourth-order valence-corrected chi connectivity index (χ4v) is 7.10. The Morgan fingerprint density at radius 1 is 0.500 bits per heavy atom. The van der Waals surface area contributed by atoms with Crippen LogP contribution < -0.4 is 5.32 Å². The predicted molar refractivity (Wildman–Crippen MR) is 259 cm³/mol. The second-order valence-electron chi connectivity index (χ2n) is 16.6. The van der Waals surface area contributed by atoms with E-state index in [1.54, 1.807) is 0 Å². The van der Waals surface area contributed by atoms with Crippen LogP contribution in [0.3, 0.4) is 0 Å². The molecule has 0 aliphatic rings. The van der Waals surface area contributed by atoms with Crippen LogP contribution in [0.2, 0.25) is 0 Å². The maximum Gasteiger partial charge on any atom is 0.306 e. The summed E-state index contributed by atoms with van der Waals surface area (Å²) in [5.74, 6) is -0.538. The van der Waals surface area contributed by atoms with Crippen LogP contribution >= 0.6 is 0 Å². The van der Waals surface area contributed by atoms with E-state index < -0.39 is 18.2 Å². The predicted octanol–water partition coefficient (Wildman–Crippen LogP) is 14.8. The third-order valence-corrected chi connectivity index (χ3v) is 10.9. The first-order chi connectivity index (χ1) is 29.5. The summed E-state index contributed by atoms with van der Waals surface area (Å²) in [6, 6.07) is -0.717. The van der Waals surface area contributed by atoms with Crippen LogP contribution in [-0.2, 0) is 14.3 Å². The third kappa shape index (κ3) is 41.8. The van der Waals surface area contributed by atoms with E-state index in [4.69, 9.17) is 4.74 Å². The number of unbranched alkanes of at least 4 members (excludes halogenated alkanes) is 22. The Kier molecular flexibility index (Phi) is 44.8. The van der Waals surface area contributed by atoms with E-state index >= 15 is 0 Å². The molecule has 0 aliphatic heterocycles. The quantitative estimate of drug-likeness (QED) is 0.0246. The van der Waals surface area contributed by atoms with Crippen LogP contribution in [0.25, 0.3) is 0 Å². The summed E-state index contributed by atoms with van der Waals surface area (Å²) in [4.78, 5) is 26.1. The Hall–Kier alpha value is -2.96. The molecule has 60 heavy (non-hydrogen) atoms. The van der Waals surface area contributed by atoms with E-state index in [1.807, 2.05) is 54.7 Å². The number of esters is 1. The zero-order valence-corrected chi connectivity index (χ0v) is 39.1. The molecule has 6 nitrogen and oxygen atoms in total. The van der Waals surface area contributed by atoms with E-state index in [-0.39, 0.29) is 24.9 Å². The van der Waals surface area contributed by atoms with Crippen LogP contribution in [0, 0.1) is 0 Å². The standard InChI is InChI=1S/C54H93NO5/c1-4-7-10-13-16-19-22-24-25-26-27-29-32-35-38-41-44-47-54(59)60-50(45-42-39-36-33-31-28-23-20-17-14-11-8-5-2)48-53(58)55-51(49-56)52(57)46-43-40-37-34-30-21-18-15-12-9-6-3/h7,10,13,16,19-20,22-27,29,32,50-52,56-57H,4-6,8-9,11-12,14-15,17-18,21,28,30-31,33-49H2,1-3H3,(H,55,58)/b10-7-,16-13+,22-19+,23-20-,25-24-,27-26+,32-29+. The van der Waals surface area contributed by atoms with Crippen molar-refractivity contribution in [3.63, 3.8) is 0 Å². The second-order valence-corrected chi connectivity index (χ2v) is 16.6. The van der Waals surface area contributed by atoms with Gasteiger partial charge in [0.15, 0.2) is 0 Å². The Morgan fingerprint density at radius 2 is 0.917 bits per heavy atom. The molecule has 0 spiro atoms. The van der Waals surface area contributed by atoms with E-state index in [9.17, 15) is 19.8 Å². The second kappa shape index (κ2) is 47.1. The van der Waals surface area contributed by atoms with E-state index in [0.717, 1.165) is 77.0 Å². The minimum Gasteiger partial charge on any atom is -0.462 e. The summed E-state index contributed by atoms with van der Waals surface area (Å²) in [7, 11) is 0. The molecule has 0 radical (unpaired) electrons. The van der Waals surface area contributed by atoms with Crippen molar-refractivity contribution >= 4 is 11.9 Å². The average Bonchev–Trinajstić information content (AvgIpc) is 3.24. The van der Waals surface area contributed by atoms with Crippen molar-refractivity contribution in [3.8, 4) is 0 Å². The molecule has 1 amide bonds. The van der Waals surface area contributed by atoms with E-state index in [2.05, 4.69) is 56.5 Å². The van der Waals surface area contributed by atoms with Gasteiger partial charge in [-0.2, -0.15) is 0 Å². The molecule has 0 fully saturated rings. The first-order valence-electron chi connectivity index (χ1n) is 24.9. The number of nitrogens with one attached hydrogen (secondary N) is 1. The van der Waals surface area contributed by atoms with Gasteiger partial charge in [-0.3, -0.25) is 9.59 Å². The van der Waals surface area contributed by atoms with Gasteiger partial charge in [0.05, 0.1) is 25.2 Å². The smallest absolute Gasteiger partial charge is 0.306 e. The lowest BCUT2D eigenvalue weighted by Crippen LogP contribution is -2.46. The molecule has 3 N–H and O–H groups in total. The molecule has 344 valence electrons. The number of carbonyl (C=O) groups is 2. The summed E-state index contributed by atoms with van der Waals surface area (Å²) >= 11 is 0. The summed E-state index contributed by atoms with van der Waals surface area (Å²) < 4.78 is 5.90. The molecule has 0 heterocycles. The fraction of sp³-hybridized carbons (Fsp3) is 0.704. The minimum atomic E-state index is -0.801. The van der Waals surface area contributed by atoms with Gasteiger partial charge in [-0.15, -0.1) is 0 Å². The van der Waals surface area contributed by atoms with Crippen molar-refractivity contribution < 1.29 is 24.5 Å². The molecule has 0 rings (SSSR count). The molecule has 0 aromatic rings. The number of aliphatic hydroxyl groups is 2. The number of hydrogen-bond donors (Lipinski definition) is 3. The van der Waals surface area contributed by atoms with E-state index in [0.29, 0.717) is 19.3 Å². The zero-order chi connectivity index (χ0) is 43.8. The maximum absolute atomic E-state index is 13.2. The Balaban J connectivity index is 4.71. The molecule has 3 atom stereocenters. The maximum atomic E-state index is 13.2. The number of rotatable bonds is 43. The molecule has 0 aromatic heterocycles. The van der Waals surface area contributed by atoms with Gasteiger partial charge in [0, 0.05) is 6.42 Å². The number of carbonyl (C=O) groups excluding carboxylic acids is 2. The highest BCUT2D eigenvalue weighted by Gasteiger charge is 2.24. The monoisotopic (exact) mass is 836 g/mol. The van der Waals surface area contributed by atoms with Gasteiger partial charge in [-0.05, 0) is 70.6 Å². The molecule has 3 unspecified atom stereocenters. The van der Waals surface area contributed by atoms with Crippen molar-refractivity contribution in [2.24, 2.45) is 0 Å². The van der Waals surface area contributed by atoms with Gasteiger partial charge in [0.2, 0.25) is 5.91 Å². The lowest BCUT2D eigenvalue weighted by molar-refractivity contribution is -0.151. The highest BCUT2D eigenvalue weighted by molar-refractivity contribution is 5.77. The topological polar surface area (TPSA) is 95.9 Å². The van der Waals surface area contributed by atoms with Gasteiger partial charge in [-0.1, -0.05) is 221 Å². The van der Waals surface area contributed by atoms with Crippen LogP contribution in [0.4, 0.5) is 0 Å². The lowest BCUT2D eigenvalue weighted by atomic mass is 10.0. The molecule has 6 heteroatoms. The van der Waals surface area contributed by atoms with Gasteiger partial charge in [0.25, 0.3) is 0 Å². The first kappa shape index (κ1) is 57.0. The van der Waals surface area contributed by atoms with Gasteiger partial charge >= 0.3 is 5.97 Å². The normalized spacial score (nSPS) is 14.0. The van der Waals surface area contributed by atoms with Gasteiger partial charge in [-0.25, -0.2) is 0 Å². The third-order valence-electron chi connectivity index (χ3n) is 10.9. The number of allylic oxidation sites excluding steroid dienone is 14.